The molecule has 0 aromatic heterocycles. The van der Waals surface area contributed by atoms with Crippen molar-refractivity contribution in [1.82, 2.24) is 0 Å². The van der Waals surface area contributed by atoms with E-state index < -0.39 is 0 Å². The molecular weight excluding hydrogens is 218 g/mol. The van der Waals surface area contributed by atoms with Gasteiger partial charge in [-0.3, -0.25) is 0 Å². The van der Waals surface area contributed by atoms with Crippen molar-refractivity contribution in [3.05, 3.63) is 33.4 Å². The Morgan fingerprint density at radius 2 is 1.22 bits per heavy atom. The lowest BCUT2D eigenvalue weighted by atomic mass is 9.86. The molecule has 0 spiro atoms. The maximum Gasteiger partial charge on any atom is -0.00747 e. The van der Waals surface area contributed by atoms with Crippen LogP contribution in [0.25, 0.3) is 0 Å². The normalized spacial score (nSPS) is 12.8. The molecule has 0 aliphatic carbocycles. The Morgan fingerprint density at radius 1 is 0.778 bits per heavy atom. The van der Waals surface area contributed by atoms with E-state index in [1.165, 1.54) is 40.7 Å². The number of hydrogen-bond donors (Lipinski definition) is 1. The van der Waals surface area contributed by atoms with Crippen LogP contribution in [0, 0.1) is 40.5 Å². The largest absolute Gasteiger partial charge is 0.330 e. The fraction of sp³-hybridized carbons (Fsp3) is 0.647. The molecule has 1 aromatic carbocycles. The van der Waals surface area contributed by atoms with Crippen LogP contribution in [0.1, 0.15) is 53.1 Å². The molecule has 102 valence electrons. The molecule has 0 saturated heterocycles. The second-order valence-electron chi connectivity index (χ2n) is 5.82. The van der Waals surface area contributed by atoms with E-state index in [0.29, 0.717) is 0 Å². The summed E-state index contributed by atoms with van der Waals surface area (Å²) in [5.74, 6) is 0.732. The highest BCUT2D eigenvalue weighted by atomic mass is 14.5. The van der Waals surface area contributed by atoms with Gasteiger partial charge in [-0.05, 0) is 99.7 Å². The minimum atomic E-state index is 0.732. The molecule has 1 nitrogen and oxygen atoms in total. The molecule has 0 fully saturated rings. The van der Waals surface area contributed by atoms with E-state index in [1.54, 1.807) is 5.56 Å². The summed E-state index contributed by atoms with van der Waals surface area (Å²) < 4.78 is 0. The third kappa shape index (κ3) is 3.14. The van der Waals surface area contributed by atoms with Gasteiger partial charge in [0.15, 0.2) is 0 Å². The molecule has 1 unspecified atom stereocenters. The van der Waals surface area contributed by atoms with Gasteiger partial charge in [-0.15, -0.1) is 0 Å². The van der Waals surface area contributed by atoms with Crippen molar-refractivity contribution in [3.63, 3.8) is 0 Å². The predicted octanol–water partition coefficient (Wildman–Crippen LogP) is 4.15. The minimum Gasteiger partial charge on any atom is -0.330 e. The van der Waals surface area contributed by atoms with Crippen LogP contribution in [0.3, 0.4) is 0 Å². The van der Waals surface area contributed by atoms with E-state index in [9.17, 15) is 0 Å². The third-order valence-corrected chi connectivity index (χ3v) is 4.70. The van der Waals surface area contributed by atoms with Gasteiger partial charge in [0, 0.05) is 0 Å². The predicted molar refractivity (Wildman–Crippen MR) is 81.3 cm³/mol. The average molecular weight is 247 g/mol. The second-order valence-corrected chi connectivity index (χ2v) is 5.82. The zero-order chi connectivity index (χ0) is 13.9. The van der Waals surface area contributed by atoms with Crippen molar-refractivity contribution >= 4 is 0 Å². The smallest absolute Gasteiger partial charge is 0.00747 e. The fourth-order valence-corrected chi connectivity index (χ4v) is 2.77. The first-order valence-electron chi connectivity index (χ1n) is 7.16. The first-order valence-corrected chi connectivity index (χ1v) is 7.16. The summed E-state index contributed by atoms with van der Waals surface area (Å²) >= 11 is 0. The topological polar surface area (TPSA) is 26.0 Å². The molecule has 0 aliphatic rings. The highest BCUT2D eigenvalue weighted by molar-refractivity contribution is 5.49. The van der Waals surface area contributed by atoms with Gasteiger partial charge in [-0.2, -0.15) is 0 Å². The Bertz CT molecular complexity index is 389. The molecule has 1 heteroatoms. The fourth-order valence-electron chi connectivity index (χ4n) is 2.77. The molecular formula is C17H29N. The average Bonchev–Trinajstić information content (AvgIpc) is 2.34. The van der Waals surface area contributed by atoms with Gasteiger partial charge in [0.05, 0.1) is 0 Å². The zero-order valence-corrected chi connectivity index (χ0v) is 13.0. The van der Waals surface area contributed by atoms with E-state index in [-0.39, 0.29) is 0 Å². The second kappa shape index (κ2) is 6.38. The Morgan fingerprint density at radius 3 is 1.67 bits per heavy atom. The first kappa shape index (κ1) is 15.2. The quantitative estimate of drug-likeness (QED) is 0.831. The molecule has 0 radical (unpaired) electrons. The molecule has 1 aromatic rings. The monoisotopic (exact) mass is 247 g/mol. The summed E-state index contributed by atoms with van der Waals surface area (Å²) in [7, 11) is 0. The molecule has 0 bridgehead atoms. The molecule has 1 atom stereocenters. The van der Waals surface area contributed by atoms with Crippen LogP contribution in [0.15, 0.2) is 0 Å². The van der Waals surface area contributed by atoms with Gasteiger partial charge in [0.2, 0.25) is 0 Å². The third-order valence-electron chi connectivity index (χ3n) is 4.70. The molecule has 0 heterocycles. The lowest BCUT2D eigenvalue weighted by Gasteiger charge is -2.20. The van der Waals surface area contributed by atoms with E-state index >= 15 is 0 Å². The maximum atomic E-state index is 5.63. The summed E-state index contributed by atoms with van der Waals surface area (Å²) in [5.41, 5.74) is 14.6. The number of benzene rings is 1. The van der Waals surface area contributed by atoms with Gasteiger partial charge in [0.1, 0.15) is 0 Å². The lowest BCUT2D eigenvalue weighted by Crippen LogP contribution is -2.09. The van der Waals surface area contributed by atoms with Gasteiger partial charge in [0.25, 0.3) is 0 Å². The van der Waals surface area contributed by atoms with Crippen molar-refractivity contribution in [3.8, 4) is 0 Å². The molecule has 0 saturated carbocycles. The SMILES string of the molecule is Cc1c(C)c(C)c(CCC(C)CCN)c(C)c1C. The van der Waals surface area contributed by atoms with Gasteiger partial charge >= 0.3 is 0 Å². The van der Waals surface area contributed by atoms with Gasteiger partial charge in [-0.1, -0.05) is 6.92 Å². The van der Waals surface area contributed by atoms with Crippen molar-refractivity contribution in [2.75, 3.05) is 6.54 Å². The van der Waals surface area contributed by atoms with E-state index in [2.05, 4.69) is 41.5 Å². The summed E-state index contributed by atoms with van der Waals surface area (Å²) in [6, 6.07) is 0. The zero-order valence-electron chi connectivity index (χ0n) is 13.0. The molecule has 0 amide bonds. The summed E-state index contributed by atoms with van der Waals surface area (Å²) in [5, 5.41) is 0. The Hall–Kier alpha value is -0.820. The highest BCUT2D eigenvalue weighted by Crippen LogP contribution is 2.27. The molecule has 2 N–H and O–H groups in total. The van der Waals surface area contributed by atoms with Crippen LogP contribution in [-0.4, -0.2) is 6.54 Å². The molecule has 0 aliphatic heterocycles. The van der Waals surface area contributed by atoms with Gasteiger partial charge < -0.3 is 5.73 Å². The standard InChI is InChI=1S/C17H29N/c1-11(9-10-18)7-8-17-15(5)13(3)12(2)14(4)16(17)6/h11H,7-10,18H2,1-6H3. The van der Waals surface area contributed by atoms with Crippen LogP contribution in [0.4, 0.5) is 0 Å². The van der Waals surface area contributed by atoms with E-state index in [4.69, 9.17) is 5.73 Å². The Balaban J connectivity index is 2.96. The number of hydrogen-bond acceptors (Lipinski definition) is 1. The van der Waals surface area contributed by atoms with Crippen LogP contribution >= 0.6 is 0 Å². The summed E-state index contributed by atoms with van der Waals surface area (Å²) in [4.78, 5) is 0. The summed E-state index contributed by atoms with van der Waals surface area (Å²) in [6.07, 6.45) is 3.59. The van der Waals surface area contributed by atoms with Crippen molar-refractivity contribution < 1.29 is 0 Å². The van der Waals surface area contributed by atoms with Crippen molar-refractivity contribution in [2.24, 2.45) is 11.7 Å². The summed E-state index contributed by atoms with van der Waals surface area (Å²) in [6.45, 7) is 14.4. The number of nitrogens with two attached hydrogens (primary N) is 1. The number of rotatable bonds is 5. The Kier molecular flexibility index (Phi) is 5.40. The Labute approximate surface area is 113 Å². The van der Waals surface area contributed by atoms with Crippen LogP contribution in [-0.2, 0) is 6.42 Å². The highest BCUT2D eigenvalue weighted by Gasteiger charge is 2.12. The van der Waals surface area contributed by atoms with Crippen molar-refractivity contribution in [1.29, 1.82) is 0 Å². The van der Waals surface area contributed by atoms with Crippen molar-refractivity contribution in [2.45, 2.75) is 60.8 Å². The maximum absolute atomic E-state index is 5.63. The van der Waals surface area contributed by atoms with E-state index in [0.717, 1.165) is 18.9 Å². The minimum absolute atomic E-state index is 0.732. The van der Waals surface area contributed by atoms with Gasteiger partial charge in [-0.25, -0.2) is 0 Å². The van der Waals surface area contributed by atoms with Crippen LogP contribution in [0.5, 0.6) is 0 Å². The molecule has 1 rings (SSSR count). The molecule has 18 heavy (non-hydrogen) atoms. The first-order chi connectivity index (χ1) is 8.40. The van der Waals surface area contributed by atoms with Crippen LogP contribution in [0.2, 0.25) is 0 Å². The lowest BCUT2D eigenvalue weighted by molar-refractivity contribution is 0.498. The van der Waals surface area contributed by atoms with Crippen LogP contribution < -0.4 is 5.73 Å². The van der Waals surface area contributed by atoms with E-state index in [1.807, 2.05) is 0 Å².